The number of nitrogens with zero attached hydrogens (tertiary/aromatic N) is 1. The summed E-state index contributed by atoms with van der Waals surface area (Å²) in [5.41, 5.74) is 4.31. The zero-order valence-electron chi connectivity index (χ0n) is 18.4. The summed E-state index contributed by atoms with van der Waals surface area (Å²) in [6.45, 7) is 4.06. The Bertz CT molecular complexity index is 1190. The van der Waals surface area contributed by atoms with Gasteiger partial charge in [-0.2, -0.15) is 18.3 Å². The van der Waals surface area contributed by atoms with Crippen LogP contribution in [0.1, 0.15) is 29.2 Å². The summed E-state index contributed by atoms with van der Waals surface area (Å²) >= 11 is 0. The molecule has 34 heavy (non-hydrogen) atoms. The van der Waals surface area contributed by atoms with E-state index in [0.717, 1.165) is 23.8 Å². The van der Waals surface area contributed by atoms with E-state index in [2.05, 4.69) is 15.8 Å². The molecule has 0 radical (unpaired) electrons. The van der Waals surface area contributed by atoms with Gasteiger partial charge in [0, 0.05) is 5.69 Å². The third kappa shape index (κ3) is 6.93. The molecule has 0 aliphatic carbocycles. The van der Waals surface area contributed by atoms with Crippen molar-refractivity contribution in [3.8, 4) is 5.75 Å². The van der Waals surface area contributed by atoms with Gasteiger partial charge in [0.15, 0.2) is 0 Å². The summed E-state index contributed by atoms with van der Waals surface area (Å²) < 4.78 is 44.1. The number of alkyl halides is 3. The molecule has 2 N–H and O–H groups in total. The van der Waals surface area contributed by atoms with Crippen molar-refractivity contribution in [3.63, 3.8) is 0 Å². The molecule has 0 atom stereocenters. The second kappa shape index (κ2) is 10.7. The summed E-state index contributed by atoms with van der Waals surface area (Å²) in [6.07, 6.45) is -4.56. The van der Waals surface area contributed by atoms with E-state index in [1.54, 1.807) is 31.2 Å². The van der Waals surface area contributed by atoms with Gasteiger partial charge in [-0.3, -0.25) is 9.59 Å². The maximum atomic E-state index is 12.8. The van der Waals surface area contributed by atoms with Crippen molar-refractivity contribution in [1.29, 1.82) is 0 Å². The number of nitrogens with one attached hydrogen (secondary N) is 2. The number of carbonyl (C=O) groups is 2. The van der Waals surface area contributed by atoms with E-state index < -0.39 is 23.6 Å². The first kappa shape index (κ1) is 24.5. The van der Waals surface area contributed by atoms with E-state index >= 15 is 0 Å². The lowest BCUT2D eigenvalue weighted by Crippen LogP contribution is -2.33. The number of aryl methyl sites for hydroxylation is 1. The van der Waals surface area contributed by atoms with Gasteiger partial charge in [-0.15, -0.1) is 0 Å². The fraction of sp³-hybridized carbons (Fsp3) is 0.160. The van der Waals surface area contributed by atoms with Crippen molar-refractivity contribution >= 4 is 23.2 Å². The Morgan fingerprint density at radius 3 is 2.26 bits per heavy atom. The topological polar surface area (TPSA) is 79.8 Å². The van der Waals surface area contributed by atoms with Crippen LogP contribution in [0.3, 0.4) is 0 Å². The summed E-state index contributed by atoms with van der Waals surface area (Å²) in [6, 6.07) is 19.0. The lowest BCUT2D eigenvalue weighted by atomic mass is 10.1. The molecule has 3 aromatic rings. The van der Waals surface area contributed by atoms with Crippen LogP contribution < -0.4 is 15.5 Å². The van der Waals surface area contributed by atoms with Gasteiger partial charge >= 0.3 is 18.0 Å². The van der Waals surface area contributed by atoms with Crippen LogP contribution in [0.25, 0.3) is 0 Å². The van der Waals surface area contributed by atoms with Gasteiger partial charge in [0.2, 0.25) is 0 Å². The van der Waals surface area contributed by atoms with Crippen LogP contribution in [0, 0.1) is 6.92 Å². The predicted octanol–water partition coefficient (Wildman–Crippen LogP) is 5.07. The molecule has 0 spiro atoms. The quantitative estimate of drug-likeness (QED) is 0.301. The maximum Gasteiger partial charge on any atom is 0.416 e. The van der Waals surface area contributed by atoms with Crippen LogP contribution in [0.15, 0.2) is 77.9 Å². The van der Waals surface area contributed by atoms with Crippen LogP contribution in [0.2, 0.25) is 0 Å². The van der Waals surface area contributed by atoms with Crippen LogP contribution in [-0.4, -0.2) is 17.5 Å². The lowest BCUT2D eigenvalue weighted by Gasteiger charge is -2.09. The Balaban J connectivity index is 1.54. The fourth-order valence-electron chi connectivity index (χ4n) is 2.85. The molecule has 3 rings (SSSR count). The minimum atomic E-state index is -4.56. The number of anilines is 1. The molecule has 0 aliphatic heterocycles. The molecule has 0 aromatic heterocycles. The Labute approximate surface area is 194 Å². The first-order chi connectivity index (χ1) is 16.1. The molecule has 0 heterocycles. The van der Waals surface area contributed by atoms with E-state index in [0.29, 0.717) is 23.6 Å². The maximum absolute atomic E-state index is 12.8. The Kier molecular flexibility index (Phi) is 7.68. The highest BCUT2D eigenvalue weighted by atomic mass is 19.4. The molecule has 0 fully saturated rings. The van der Waals surface area contributed by atoms with Gasteiger partial charge in [0.05, 0.1) is 11.3 Å². The Hall–Kier alpha value is -4.14. The second-order valence-corrected chi connectivity index (χ2v) is 7.47. The highest BCUT2D eigenvalue weighted by molar-refractivity contribution is 6.39. The van der Waals surface area contributed by atoms with E-state index in [9.17, 15) is 22.8 Å². The number of carbonyl (C=O) groups excluding carboxylic acids is 2. The highest BCUT2D eigenvalue weighted by Gasteiger charge is 2.30. The molecule has 9 heteroatoms. The summed E-state index contributed by atoms with van der Waals surface area (Å²) in [5.74, 6) is -1.60. The summed E-state index contributed by atoms with van der Waals surface area (Å²) in [7, 11) is 0. The van der Waals surface area contributed by atoms with Crippen molar-refractivity contribution < 1.29 is 27.5 Å². The SMILES string of the molecule is CC(=NNC(=O)C(=O)Nc1cccc(C(F)(F)F)c1)c1ccc(OCc2ccc(C)cc2)cc1. The molecule has 2 amide bonds. The van der Waals surface area contributed by atoms with Gasteiger partial charge in [-0.25, -0.2) is 5.43 Å². The molecule has 0 saturated carbocycles. The third-order valence-corrected chi connectivity index (χ3v) is 4.78. The van der Waals surface area contributed by atoms with Crippen LogP contribution >= 0.6 is 0 Å². The van der Waals surface area contributed by atoms with Crippen molar-refractivity contribution in [2.75, 3.05) is 5.32 Å². The molecule has 0 bridgehead atoms. The smallest absolute Gasteiger partial charge is 0.416 e. The molecule has 0 aliphatic rings. The van der Waals surface area contributed by atoms with Crippen molar-refractivity contribution in [1.82, 2.24) is 5.43 Å². The molecular weight excluding hydrogens is 447 g/mol. The molecule has 176 valence electrons. The van der Waals surface area contributed by atoms with Gasteiger partial charge in [0.25, 0.3) is 0 Å². The summed E-state index contributed by atoms with van der Waals surface area (Å²) in [5, 5.41) is 6.00. The molecule has 3 aromatic carbocycles. The number of hydrogen-bond donors (Lipinski definition) is 2. The zero-order chi connectivity index (χ0) is 24.7. The lowest BCUT2D eigenvalue weighted by molar-refractivity contribution is -0.137. The first-order valence-corrected chi connectivity index (χ1v) is 10.2. The Morgan fingerprint density at radius 2 is 1.62 bits per heavy atom. The van der Waals surface area contributed by atoms with Crippen molar-refractivity contribution in [2.24, 2.45) is 5.10 Å². The summed E-state index contributed by atoms with van der Waals surface area (Å²) in [4.78, 5) is 24.0. The number of ether oxygens (including phenoxy) is 1. The van der Waals surface area contributed by atoms with Crippen molar-refractivity contribution in [2.45, 2.75) is 26.6 Å². The van der Waals surface area contributed by atoms with Crippen LogP contribution in [-0.2, 0) is 22.4 Å². The average Bonchev–Trinajstić information content (AvgIpc) is 2.82. The molecule has 0 unspecified atom stereocenters. The minimum absolute atomic E-state index is 0.156. The molecule has 0 saturated heterocycles. The predicted molar refractivity (Wildman–Crippen MR) is 122 cm³/mol. The van der Waals surface area contributed by atoms with E-state index in [1.807, 2.05) is 31.2 Å². The Morgan fingerprint density at radius 1 is 0.941 bits per heavy atom. The number of benzene rings is 3. The largest absolute Gasteiger partial charge is 0.489 e. The van der Waals surface area contributed by atoms with Gasteiger partial charge in [-0.05, 0) is 67.4 Å². The number of rotatable bonds is 6. The number of halogens is 3. The highest BCUT2D eigenvalue weighted by Crippen LogP contribution is 2.30. The fourth-order valence-corrected chi connectivity index (χ4v) is 2.85. The average molecular weight is 469 g/mol. The van der Waals surface area contributed by atoms with Crippen molar-refractivity contribution in [3.05, 3.63) is 95.1 Å². The molecular formula is C25H22F3N3O3. The van der Waals surface area contributed by atoms with Crippen LogP contribution in [0.4, 0.5) is 18.9 Å². The first-order valence-electron chi connectivity index (χ1n) is 10.2. The van der Waals surface area contributed by atoms with Gasteiger partial charge < -0.3 is 10.1 Å². The minimum Gasteiger partial charge on any atom is -0.489 e. The van der Waals surface area contributed by atoms with Crippen LogP contribution in [0.5, 0.6) is 5.75 Å². The number of hydrazone groups is 1. The number of hydrogen-bond acceptors (Lipinski definition) is 4. The third-order valence-electron chi connectivity index (χ3n) is 4.78. The normalized spacial score (nSPS) is 11.6. The van der Waals surface area contributed by atoms with Gasteiger partial charge in [-0.1, -0.05) is 35.9 Å². The van der Waals surface area contributed by atoms with E-state index in [-0.39, 0.29) is 5.69 Å². The zero-order valence-corrected chi connectivity index (χ0v) is 18.4. The van der Waals surface area contributed by atoms with E-state index in [4.69, 9.17) is 4.74 Å². The molecule has 6 nitrogen and oxygen atoms in total. The standard InChI is InChI=1S/C25H22F3N3O3/c1-16-6-8-18(9-7-16)15-34-22-12-10-19(11-13-22)17(2)30-31-24(33)23(32)29-21-5-3-4-20(14-21)25(26,27)28/h3-14H,15H2,1-2H3,(H,29,32)(H,31,33). The van der Waals surface area contributed by atoms with Gasteiger partial charge in [0.1, 0.15) is 12.4 Å². The monoisotopic (exact) mass is 469 g/mol. The van der Waals surface area contributed by atoms with E-state index in [1.165, 1.54) is 11.6 Å². The second-order valence-electron chi connectivity index (χ2n) is 7.47. The number of amides is 2.